The molecule has 1 aliphatic carbocycles. The van der Waals surface area contributed by atoms with Crippen molar-refractivity contribution in [2.75, 3.05) is 54.4 Å². The van der Waals surface area contributed by atoms with Crippen LogP contribution < -0.4 is 10.6 Å². The number of fused-ring (bicyclic) bond motifs is 5. The van der Waals surface area contributed by atoms with Crippen molar-refractivity contribution in [3.8, 4) is 21.6 Å². The summed E-state index contributed by atoms with van der Waals surface area (Å²) < 4.78 is 39.0. The maximum Gasteiger partial charge on any atom is 0.311 e. The molecular weight excluding hydrogens is 1030 g/mol. The number of amides is 1. The Hall–Kier alpha value is -3.70. The van der Waals surface area contributed by atoms with Gasteiger partial charge in [0.2, 0.25) is 5.91 Å². The van der Waals surface area contributed by atoms with Crippen LogP contribution >= 0.6 is 11.3 Å². The normalized spacial score (nSPS) is 38.0. The number of ether oxygens (including phenoxy) is 6. The number of hydrogen-bond donors (Lipinski definition) is 7. The Balaban J connectivity index is 1.08. The van der Waals surface area contributed by atoms with Crippen LogP contribution in [0.1, 0.15) is 111 Å². The van der Waals surface area contributed by atoms with Gasteiger partial charge in [0.25, 0.3) is 0 Å². The number of benzene rings is 2. The molecular formula is C61H92N4O13S. The number of nitrogens with one attached hydrogen (secondary N) is 2. The Morgan fingerprint density at radius 2 is 1.57 bits per heavy atom. The predicted molar refractivity (Wildman–Crippen MR) is 306 cm³/mol. The zero-order valence-corrected chi connectivity index (χ0v) is 49.9. The fraction of sp³-hybridized carbons (Fsp3) is 0.672. The van der Waals surface area contributed by atoms with Crippen LogP contribution in [0.3, 0.4) is 0 Å². The lowest BCUT2D eigenvalue weighted by Gasteiger charge is -2.53. The molecule has 7 N–H and O–H groups in total. The standard InChI is InChI=1S/C61H92N4O13S/c1-15-48-60(10,71)54(68)39(6)65(13)33-35(2)31-58(8,70)55(78-57-51(67)47(64(11)12)28-36(3)74-57)37(4)52(38(5)56(69)76-48)77-50-32-59(9,73-14)61(72,40(7)75-50)34-62-26-27-63-49(66)25-24-43-30-46-44-22-18-16-20-41(44)29-42-21-17-19-23-45(42)53(46)79-43/h16-25,30,35-40,47-48,50-52,54-55,57,62,67-68,70-72H,15,26-29,31-34H2,1-14H3,(H,63,66)/b25-24+/t35-,36-,37+,38-,39-,40-,47+,48-,50-,51-,52+,54-,55-,57+,58-,59-,60-,61+/m1/s1. The number of esters is 1. The minimum absolute atomic E-state index is 0.00397. The monoisotopic (exact) mass is 1120 g/mol. The van der Waals surface area contributed by atoms with Gasteiger partial charge < -0.3 is 74.4 Å². The second-order valence-corrected chi connectivity index (χ2v) is 25.3. The maximum absolute atomic E-state index is 14.6. The molecule has 3 aliphatic heterocycles. The Morgan fingerprint density at radius 1 is 0.911 bits per heavy atom. The maximum atomic E-state index is 14.6. The molecule has 3 saturated heterocycles. The first-order valence-electron chi connectivity index (χ1n) is 28.4. The van der Waals surface area contributed by atoms with E-state index in [0.717, 1.165) is 16.9 Å². The van der Waals surface area contributed by atoms with Crippen LogP contribution in [0.4, 0.5) is 0 Å². The quantitative estimate of drug-likeness (QED) is 0.0438. The molecule has 440 valence electrons. The third-order valence-electron chi connectivity index (χ3n) is 17.8. The van der Waals surface area contributed by atoms with Crippen molar-refractivity contribution in [1.82, 2.24) is 20.4 Å². The molecule has 18 atom stereocenters. The lowest BCUT2D eigenvalue weighted by Crippen LogP contribution is -2.70. The highest BCUT2D eigenvalue weighted by Crippen LogP contribution is 2.47. The summed E-state index contributed by atoms with van der Waals surface area (Å²) in [5.41, 5.74) is -0.285. The highest BCUT2D eigenvalue weighted by Gasteiger charge is 2.58. The summed E-state index contributed by atoms with van der Waals surface area (Å²) in [6, 6.07) is 18.2. The first-order valence-corrected chi connectivity index (χ1v) is 29.2. The Morgan fingerprint density at radius 3 is 2.23 bits per heavy atom. The molecule has 4 heterocycles. The summed E-state index contributed by atoms with van der Waals surface area (Å²) >= 11 is 1.66. The zero-order chi connectivity index (χ0) is 57.9. The second-order valence-electron chi connectivity index (χ2n) is 24.2. The number of likely N-dealkylation sites (N-methyl/N-ethyl adjacent to an activating group) is 2. The van der Waals surface area contributed by atoms with Gasteiger partial charge in [0, 0.05) is 79.1 Å². The number of carbonyl (C=O) groups excluding carboxylic acids is 2. The van der Waals surface area contributed by atoms with Gasteiger partial charge in [0.1, 0.15) is 35.1 Å². The summed E-state index contributed by atoms with van der Waals surface area (Å²) in [6.45, 7) is 18.6. The molecule has 2 aromatic carbocycles. The lowest BCUT2D eigenvalue weighted by molar-refractivity contribution is -0.336. The van der Waals surface area contributed by atoms with Gasteiger partial charge in [-0.15, -0.1) is 11.3 Å². The Labute approximate surface area is 472 Å². The average molecular weight is 1120 g/mol. The molecule has 3 aromatic rings. The number of carbonyl (C=O) groups is 2. The molecule has 0 spiro atoms. The van der Waals surface area contributed by atoms with Crippen LogP contribution in [0.25, 0.3) is 27.6 Å². The van der Waals surface area contributed by atoms with Crippen molar-refractivity contribution < 1.29 is 63.5 Å². The fourth-order valence-electron chi connectivity index (χ4n) is 12.8. The minimum atomic E-state index is -1.86. The van der Waals surface area contributed by atoms with Crippen molar-refractivity contribution in [3.63, 3.8) is 0 Å². The van der Waals surface area contributed by atoms with Gasteiger partial charge in [-0.2, -0.15) is 0 Å². The highest BCUT2D eigenvalue weighted by atomic mass is 32.1. The molecule has 1 aromatic heterocycles. The molecule has 0 unspecified atom stereocenters. The van der Waals surface area contributed by atoms with E-state index in [0.29, 0.717) is 19.5 Å². The number of aliphatic hydroxyl groups excluding tert-OH is 2. The van der Waals surface area contributed by atoms with Gasteiger partial charge in [-0.25, -0.2) is 0 Å². The second kappa shape index (κ2) is 25.8. The van der Waals surface area contributed by atoms with Crippen molar-refractivity contribution in [1.29, 1.82) is 0 Å². The number of thiophene rings is 1. The topological polar surface area (TPSA) is 221 Å². The molecule has 0 bridgehead atoms. The highest BCUT2D eigenvalue weighted by molar-refractivity contribution is 7.17. The minimum Gasteiger partial charge on any atom is -0.459 e. The van der Waals surface area contributed by atoms with Crippen molar-refractivity contribution in [3.05, 3.63) is 76.7 Å². The molecule has 0 radical (unpaired) electrons. The van der Waals surface area contributed by atoms with E-state index in [9.17, 15) is 35.1 Å². The SMILES string of the molecule is CC[C@H]1OC(=O)[C@H](C)[C@@H](O[C@@H]2C[C@@](C)(OC)[C@](O)(CNCCNC(=O)/C=C/c3cc4c(s3)-c3ccccc3Cc3ccccc3-4)[C@@H](C)O2)[C@H](C)[C@@H](O[C@@H]2O[C@H](C)C[C@H](N(C)C)[C@H]2O)[C@](C)(O)C[C@@H](C)CN(C)[C@H](C)[C@@H](O)[C@]1(C)O. The van der Waals surface area contributed by atoms with Gasteiger partial charge in [-0.3, -0.25) is 9.59 Å². The number of hydrogen-bond acceptors (Lipinski definition) is 17. The van der Waals surface area contributed by atoms with Gasteiger partial charge >= 0.3 is 5.97 Å². The molecule has 7 rings (SSSR count). The number of rotatable bonds is 14. The number of methoxy groups -OCH3 is 1. The zero-order valence-electron chi connectivity index (χ0n) is 49.1. The Kier molecular flexibility index (Phi) is 20.6. The van der Waals surface area contributed by atoms with E-state index in [4.69, 9.17) is 28.4 Å². The van der Waals surface area contributed by atoms with Crippen molar-refractivity contribution >= 4 is 29.3 Å². The number of aliphatic hydroxyl groups is 5. The van der Waals surface area contributed by atoms with Crippen LogP contribution in [0.5, 0.6) is 0 Å². The van der Waals surface area contributed by atoms with Crippen molar-refractivity contribution in [2.24, 2.45) is 17.8 Å². The smallest absolute Gasteiger partial charge is 0.311 e. The molecule has 79 heavy (non-hydrogen) atoms. The van der Waals surface area contributed by atoms with E-state index < -0.39 is 95.5 Å². The molecule has 4 aliphatic rings. The molecule has 17 nitrogen and oxygen atoms in total. The van der Waals surface area contributed by atoms with E-state index in [-0.39, 0.29) is 56.3 Å². The van der Waals surface area contributed by atoms with Crippen LogP contribution in [-0.2, 0) is 44.4 Å². The molecule has 1 amide bonds. The molecule has 18 heteroatoms. The lowest BCUT2D eigenvalue weighted by atomic mass is 9.75. The van der Waals surface area contributed by atoms with E-state index in [1.165, 1.54) is 41.2 Å². The van der Waals surface area contributed by atoms with Crippen LogP contribution in [0, 0.1) is 17.8 Å². The van der Waals surface area contributed by atoms with Gasteiger partial charge in [0.15, 0.2) is 12.6 Å². The summed E-state index contributed by atoms with van der Waals surface area (Å²) in [7, 11) is 7.11. The summed E-state index contributed by atoms with van der Waals surface area (Å²) in [5, 5.41) is 67.1. The first kappa shape index (κ1) is 62.9. The summed E-state index contributed by atoms with van der Waals surface area (Å²) in [6.07, 6.45) is -4.07. The fourth-order valence-corrected chi connectivity index (χ4v) is 14.0. The third kappa shape index (κ3) is 13.7. The van der Waals surface area contributed by atoms with E-state index in [1.54, 1.807) is 59.0 Å². The van der Waals surface area contributed by atoms with Gasteiger partial charge in [-0.1, -0.05) is 69.3 Å². The molecule has 3 fully saturated rings. The third-order valence-corrected chi connectivity index (χ3v) is 18.9. The first-order chi connectivity index (χ1) is 37.2. The van der Waals surface area contributed by atoms with E-state index in [1.807, 2.05) is 57.8 Å². The number of nitrogens with zero attached hydrogens (tertiary/aromatic N) is 2. The van der Waals surface area contributed by atoms with Crippen LogP contribution in [-0.4, -0.2) is 191 Å². The predicted octanol–water partition coefficient (Wildman–Crippen LogP) is 5.99. The summed E-state index contributed by atoms with van der Waals surface area (Å²) in [5.74, 6) is -3.11. The largest absolute Gasteiger partial charge is 0.459 e. The number of cyclic esters (lactones) is 1. The van der Waals surface area contributed by atoms with Crippen LogP contribution in [0.2, 0.25) is 0 Å². The summed E-state index contributed by atoms with van der Waals surface area (Å²) in [4.78, 5) is 33.8. The van der Waals surface area contributed by atoms with E-state index in [2.05, 4.69) is 65.2 Å². The van der Waals surface area contributed by atoms with Crippen molar-refractivity contribution in [2.45, 2.75) is 191 Å². The van der Waals surface area contributed by atoms with Gasteiger partial charge in [0.05, 0.1) is 35.9 Å². The van der Waals surface area contributed by atoms with Gasteiger partial charge in [-0.05, 0) is 136 Å². The Bertz CT molecular complexity index is 2500. The van der Waals surface area contributed by atoms with E-state index >= 15 is 0 Å². The molecule has 0 saturated carbocycles. The average Bonchev–Trinajstić information content (AvgIpc) is 3.99. The van der Waals surface area contributed by atoms with Crippen LogP contribution in [0.15, 0.2) is 60.7 Å².